The Morgan fingerprint density at radius 2 is 2.18 bits per heavy atom. The lowest BCUT2D eigenvalue weighted by molar-refractivity contribution is 0.0520. The number of hydrogen-bond acceptors (Lipinski definition) is 4. The maximum atomic E-state index is 12.5. The third kappa shape index (κ3) is 3.98. The molecule has 5 heteroatoms. The number of ether oxygens (including phenoxy) is 2. The van der Waals surface area contributed by atoms with E-state index in [0.29, 0.717) is 29.5 Å². The summed E-state index contributed by atoms with van der Waals surface area (Å²) in [7, 11) is 1.56. The number of rotatable bonds is 5. The first-order valence-corrected chi connectivity index (χ1v) is 9.87. The van der Waals surface area contributed by atoms with Gasteiger partial charge in [0.2, 0.25) is 0 Å². The van der Waals surface area contributed by atoms with E-state index >= 15 is 0 Å². The Morgan fingerprint density at radius 3 is 2.82 bits per heavy atom. The van der Waals surface area contributed by atoms with E-state index in [2.05, 4.69) is 38.4 Å². The lowest BCUT2D eigenvalue weighted by Gasteiger charge is -2.34. The van der Waals surface area contributed by atoms with Crippen molar-refractivity contribution < 1.29 is 14.3 Å². The summed E-state index contributed by atoms with van der Waals surface area (Å²) in [5.74, 6) is 0.756. The van der Waals surface area contributed by atoms with Crippen LogP contribution in [0.1, 0.15) is 61.4 Å². The highest BCUT2D eigenvalue weighted by Crippen LogP contribution is 2.38. The number of methoxy groups -OCH3 is 1. The van der Waals surface area contributed by atoms with Crippen molar-refractivity contribution in [3.8, 4) is 0 Å². The molecule has 0 aliphatic heterocycles. The summed E-state index contributed by atoms with van der Waals surface area (Å²) in [4.78, 5) is 20.7. The Morgan fingerprint density at radius 1 is 1.43 bits per heavy atom. The zero-order chi connectivity index (χ0) is 20.5. The maximum absolute atomic E-state index is 12.5. The summed E-state index contributed by atoms with van der Waals surface area (Å²) < 4.78 is 10.3. The second-order valence-electron chi connectivity index (χ2n) is 8.43. The highest BCUT2D eigenvalue weighted by Gasteiger charge is 2.30. The molecule has 0 bridgehead atoms. The van der Waals surface area contributed by atoms with Crippen LogP contribution in [0.15, 0.2) is 24.5 Å². The van der Waals surface area contributed by atoms with E-state index in [1.54, 1.807) is 20.1 Å². The number of carbonyl (C=O) groups is 1. The van der Waals surface area contributed by atoms with Crippen molar-refractivity contribution in [1.82, 2.24) is 9.97 Å². The standard InChI is InChI=1S/C23H30N2O3/c1-7-28-22(26)21-17(10-8-14(2)27-6)20-19(25-21)13-15-12-16(23(3,4)5)9-11-18(15)24-20/h8,10,13,16,25H,2,7,9,11-12H2,1,3-6H3/b10-8+. The van der Waals surface area contributed by atoms with Crippen LogP contribution < -0.4 is 0 Å². The molecule has 0 radical (unpaired) electrons. The van der Waals surface area contributed by atoms with E-state index in [1.807, 2.05) is 6.08 Å². The highest BCUT2D eigenvalue weighted by atomic mass is 16.5. The summed E-state index contributed by atoms with van der Waals surface area (Å²) in [6, 6.07) is 2.15. The maximum Gasteiger partial charge on any atom is 0.355 e. The van der Waals surface area contributed by atoms with Crippen LogP contribution in [0, 0.1) is 11.3 Å². The van der Waals surface area contributed by atoms with E-state index in [9.17, 15) is 4.79 Å². The van der Waals surface area contributed by atoms with Crippen LogP contribution in [0.3, 0.4) is 0 Å². The third-order valence-electron chi connectivity index (χ3n) is 5.57. The molecule has 0 aromatic carbocycles. The molecule has 150 valence electrons. The van der Waals surface area contributed by atoms with Crippen LogP contribution in [-0.2, 0) is 22.3 Å². The molecular formula is C23H30N2O3. The molecule has 1 atom stereocenters. The number of hydrogen-bond donors (Lipinski definition) is 1. The molecule has 3 rings (SSSR count). The molecule has 0 amide bonds. The molecule has 28 heavy (non-hydrogen) atoms. The fourth-order valence-corrected chi connectivity index (χ4v) is 3.80. The number of H-pyrrole nitrogens is 1. The van der Waals surface area contributed by atoms with Crippen molar-refractivity contribution >= 4 is 23.1 Å². The van der Waals surface area contributed by atoms with Crippen molar-refractivity contribution in [2.45, 2.75) is 47.0 Å². The van der Waals surface area contributed by atoms with E-state index in [1.165, 1.54) is 5.56 Å². The highest BCUT2D eigenvalue weighted by molar-refractivity contribution is 6.01. The first-order valence-electron chi connectivity index (χ1n) is 9.87. The van der Waals surface area contributed by atoms with Gasteiger partial charge in [-0.2, -0.15) is 0 Å². The van der Waals surface area contributed by atoms with Gasteiger partial charge in [0.1, 0.15) is 11.5 Å². The van der Waals surface area contributed by atoms with Gasteiger partial charge < -0.3 is 14.5 Å². The van der Waals surface area contributed by atoms with E-state index in [-0.39, 0.29) is 11.4 Å². The summed E-state index contributed by atoms with van der Waals surface area (Å²) in [5, 5.41) is 0. The van der Waals surface area contributed by atoms with Crippen molar-refractivity contribution in [2.75, 3.05) is 13.7 Å². The number of aromatic amines is 1. The minimum atomic E-state index is -0.381. The van der Waals surface area contributed by atoms with E-state index in [0.717, 1.165) is 36.0 Å². The average molecular weight is 383 g/mol. The molecule has 5 nitrogen and oxygen atoms in total. The van der Waals surface area contributed by atoms with Gasteiger partial charge in [-0.3, -0.25) is 4.98 Å². The number of pyridine rings is 1. The van der Waals surface area contributed by atoms with Crippen LogP contribution in [0.25, 0.3) is 17.1 Å². The molecule has 1 aliphatic carbocycles. The number of allylic oxidation sites excluding steroid dienone is 1. The monoisotopic (exact) mass is 382 g/mol. The molecule has 2 aromatic heterocycles. The van der Waals surface area contributed by atoms with Crippen molar-refractivity contribution in [3.63, 3.8) is 0 Å². The molecule has 1 aliphatic rings. The summed E-state index contributed by atoms with van der Waals surface area (Å²) in [5.41, 5.74) is 5.45. The predicted octanol–water partition coefficient (Wildman–Crippen LogP) is 5.06. The number of carbonyl (C=O) groups excluding carboxylic acids is 1. The molecule has 1 unspecified atom stereocenters. The number of aromatic nitrogens is 2. The Balaban J connectivity index is 2.09. The Labute approximate surface area is 166 Å². The minimum absolute atomic E-state index is 0.271. The van der Waals surface area contributed by atoms with Gasteiger partial charge in [-0.15, -0.1) is 0 Å². The van der Waals surface area contributed by atoms with Gasteiger partial charge >= 0.3 is 5.97 Å². The lowest BCUT2D eigenvalue weighted by Crippen LogP contribution is -2.27. The van der Waals surface area contributed by atoms with Crippen LogP contribution in [0.5, 0.6) is 0 Å². The zero-order valence-corrected chi connectivity index (χ0v) is 17.5. The van der Waals surface area contributed by atoms with Gasteiger partial charge in [-0.25, -0.2) is 4.79 Å². The lowest BCUT2D eigenvalue weighted by atomic mass is 9.71. The van der Waals surface area contributed by atoms with Crippen LogP contribution in [0.2, 0.25) is 0 Å². The third-order valence-corrected chi connectivity index (χ3v) is 5.57. The van der Waals surface area contributed by atoms with E-state index < -0.39 is 0 Å². The summed E-state index contributed by atoms with van der Waals surface area (Å²) in [6.07, 6.45) is 6.66. The first kappa shape index (κ1) is 20.2. The predicted molar refractivity (Wildman–Crippen MR) is 112 cm³/mol. The smallest absolute Gasteiger partial charge is 0.355 e. The van der Waals surface area contributed by atoms with Crippen molar-refractivity contribution in [3.05, 3.63) is 47.0 Å². The summed E-state index contributed by atoms with van der Waals surface area (Å²) >= 11 is 0. The topological polar surface area (TPSA) is 64.2 Å². The van der Waals surface area contributed by atoms with Crippen molar-refractivity contribution in [1.29, 1.82) is 0 Å². The van der Waals surface area contributed by atoms with Crippen LogP contribution in [-0.4, -0.2) is 29.7 Å². The Bertz CT molecular complexity index is 931. The van der Waals surface area contributed by atoms with Gasteiger partial charge in [0.05, 0.1) is 24.8 Å². The molecule has 0 saturated carbocycles. The number of fused-ring (bicyclic) bond motifs is 2. The summed E-state index contributed by atoms with van der Waals surface area (Å²) in [6.45, 7) is 12.8. The fraction of sp³-hybridized carbons (Fsp3) is 0.478. The van der Waals surface area contributed by atoms with Crippen LogP contribution in [0.4, 0.5) is 0 Å². The molecule has 2 aromatic rings. The number of aryl methyl sites for hydroxylation is 1. The number of esters is 1. The Kier molecular flexibility index (Phi) is 5.64. The van der Waals surface area contributed by atoms with Crippen molar-refractivity contribution in [2.24, 2.45) is 11.3 Å². The largest absolute Gasteiger partial charge is 0.497 e. The van der Waals surface area contributed by atoms with E-state index in [4.69, 9.17) is 14.5 Å². The second kappa shape index (κ2) is 7.82. The first-order chi connectivity index (χ1) is 13.2. The molecule has 2 heterocycles. The molecule has 1 N–H and O–H groups in total. The molecule has 0 fully saturated rings. The normalized spacial score (nSPS) is 17.0. The van der Waals surface area contributed by atoms with Gasteiger partial charge in [0.25, 0.3) is 0 Å². The van der Waals surface area contributed by atoms with Gasteiger partial charge in [0, 0.05) is 11.3 Å². The number of nitrogens with one attached hydrogen (secondary N) is 1. The molecular weight excluding hydrogens is 352 g/mol. The second-order valence-corrected chi connectivity index (χ2v) is 8.43. The van der Waals surface area contributed by atoms with Gasteiger partial charge in [-0.1, -0.05) is 27.4 Å². The fourth-order valence-electron chi connectivity index (χ4n) is 3.80. The quantitative estimate of drug-likeness (QED) is 0.446. The molecule has 0 spiro atoms. The average Bonchev–Trinajstić information content (AvgIpc) is 3.00. The molecule has 0 saturated heterocycles. The van der Waals surface area contributed by atoms with Gasteiger partial charge in [0.15, 0.2) is 0 Å². The number of nitrogens with zero attached hydrogens (tertiary/aromatic N) is 1. The minimum Gasteiger partial charge on any atom is -0.497 e. The zero-order valence-electron chi connectivity index (χ0n) is 17.5. The SMILES string of the molecule is C=C(/C=C/c1c(C(=O)OCC)[nH]c2cc3c(nc12)CCC(C(C)(C)C)C3)OC. The van der Waals surface area contributed by atoms with Crippen LogP contribution >= 0.6 is 0 Å². The Hall–Kier alpha value is -2.56. The van der Waals surface area contributed by atoms with Gasteiger partial charge in [-0.05, 0) is 61.3 Å².